The minimum absolute atomic E-state index is 0.415. The van der Waals surface area contributed by atoms with Gasteiger partial charge in [-0.1, -0.05) is 30.3 Å². The van der Waals surface area contributed by atoms with E-state index in [2.05, 4.69) is 12.1 Å². The van der Waals surface area contributed by atoms with Gasteiger partial charge in [-0.15, -0.1) is 0 Å². The zero-order valence-corrected chi connectivity index (χ0v) is 11.2. The van der Waals surface area contributed by atoms with Gasteiger partial charge in [0.2, 0.25) is 0 Å². The number of benzene rings is 1. The second kappa shape index (κ2) is 6.32. The fourth-order valence-corrected chi connectivity index (χ4v) is 1.91. The van der Waals surface area contributed by atoms with Crippen LogP contribution in [0.4, 0.5) is 0 Å². The van der Waals surface area contributed by atoms with Gasteiger partial charge in [-0.25, -0.2) is 0 Å². The molecule has 0 amide bonds. The third-order valence-electron chi connectivity index (χ3n) is 3.12. The first-order chi connectivity index (χ1) is 8.66. The Morgan fingerprint density at radius 3 is 2.78 bits per heavy atom. The Hall–Kier alpha value is -0.900. The van der Waals surface area contributed by atoms with Crippen molar-refractivity contribution in [3.8, 4) is 0 Å². The topological polar surface area (TPSA) is 27.7 Å². The Bertz CT molecular complexity index is 338. The molecule has 1 saturated heterocycles. The molecule has 0 N–H and O–H groups in total. The Morgan fingerprint density at radius 2 is 2.11 bits per heavy atom. The van der Waals surface area contributed by atoms with E-state index in [1.807, 2.05) is 32.0 Å². The van der Waals surface area contributed by atoms with Crippen LogP contribution >= 0.6 is 0 Å². The minimum Gasteiger partial charge on any atom is -0.377 e. The van der Waals surface area contributed by atoms with Gasteiger partial charge < -0.3 is 14.2 Å². The predicted octanol–water partition coefficient (Wildman–Crippen LogP) is 2.99. The zero-order valence-electron chi connectivity index (χ0n) is 11.2. The van der Waals surface area contributed by atoms with E-state index in [4.69, 9.17) is 14.2 Å². The maximum atomic E-state index is 5.66. The van der Waals surface area contributed by atoms with Crippen LogP contribution in [0.3, 0.4) is 0 Å². The van der Waals surface area contributed by atoms with Crippen LogP contribution in [-0.4, -0.2) is 25.6 Å². The molecule has 3 nitrogen and oxygen atoms in total. The first-order valence-corrected chi connectivity index (χ1v) is 6.55. The number of ether oxygens (including phenoxy) is 3. The van der Waals surface area contributed by atoms with Crippen molar-refractivity contribution in [2.24, 2.45) is 5.92 Å². The highest BCUT2D eigenvalue weighted by atomic mass is 16.8. The van der Waals surface area contributed by atoms with Crippen molar-refractivity contribution >= 4 is 0 Å². The van der Waals surface area contributed by atoms with Crippen molar-refractivity contribution in [3.05, 3.63) is 35.9 Å². The summed E-state index contributed by atoms with van der Waals surface area (Å²) in [5, 5.41) is 0. The number of hydrogen-bond acceptors (Lipinski definition) is 3. The van der Waals surface area contributed by atoms with Crippen LogP contribution in [0.15, 0.2) is 30.3 Å². The van der Waals surface area contributed by atoms with Gasteiger partial charge in [0.25, 0.3) is 0 Å². The van der Waals surface area contributed by atoms with E-state index < -0.39 is 5.79 Å². The highest BCUT2D eigenvalue weighted by Gasteiger charge is 2.27. The molecule has 100 valence electrons. The van der Waals surface area contributed by atoms with Gasteiger partial charge in [-0.3, -0.25) is 0 Å². The Labute approximate surface area is 109 Å². The second-order valence-electron chi connectivity index (χ2n) is 5.21. The molecule has 0 saturated carbocycles. The van der Waals surface area contributed by atoms with Crippen molar-refractivity contribution in [2.45, 2.75) is 32.7 Å². The van der Waals surface area contributed by atoms with Gasteiger partial charge in [0.05, 0.1) is 19.8 Å². The molecule has 1 atom stereocenters. The van der Waals surface area contributed by atoms with E-state index in [0.29, 0.717) is 12.5 Å². The lowest BCUT2D eigenvalue weighted by Gasteiger charge is -2.34. The zero-order chi connectivity index (χ0) is 12.8. The Morgan fingerprint density at radius 1 is 1.33 bits per heavy atom. The number of rotatable bonds is 5. The van der Waals surface area contributed by atoms with Crippen LogP contribution in [0, 0.1) is 5.92 Å². The lowest BCUT2D eigenvalue weighted by molar-refractivity contribution is -0.263. The quantitative estimate of drug-likeness (QED) is 0.754. The molecule has 1 aliphatic heterocycles. The molecular weight excluding hydrogens is 230 g/mol. The van der Waals surface area contributed by atoms with Crippen LogP contribution in [0.25, 0.3) is 0 Å². The summed E-state index contributed by atoms with van der Waals surface area (Å²) in [7, 11) is 0. The van der Waals surface area contributed by atoms with Crippen molar-refractivity contribution in [1.29, 1.82) is 0 Å². The molecule has 1 unspecified atom stereocenters. The van der Waals surface area contributed by atoms with E-state index in [0.717, 1.165) is 26.2 Å². The second-order valence-corrected chi connectivity index (χ2v) is 5.21. The fourth-order valence-electron chi connectivity index (χ4n) is 1.91. The van der Waals surface area contributed by atoms with Crippen LogP contribution in [0.5, 0.6) is 0 Å². The summed E-state index contributed by atoms with van der Waals surface area (Å²) in [6, 6.07) is 10.2. The average molecular weight is 252 g/mol. The van der Waals surface area contributed by atoms with Crippen molar-refractivity contribution in [3.63, 3.8) is 0 Å². The summed E-state index contributed by atoms with van der Waals surface area (Å²) in [5.41, 5.74) is 1.22. The summed E-state index contributed by atoms with van der Waals surface area (Å²) < 4.78 is 16.9. The molecule has 1 aromatic carbocycles. The summed E-state index contributed by atoms with van der Waals surface area (Å²) in [5.74, 6) is 0.0373. The van der Waals surface area contributed by atoms with Crippen LogP contribution in [0.1, 0.15) is 25.8 Å². The molecule has 3 heteroatoms. The molecule has 0 bridgehead atoms. The smallest absolute Gasteiger partial charge is 0.162 e. The predicted molar refractivity (Wildman–Crippen MR) is 70.2 cm³/mol. The fraction of sp³-hybridized carbons (Fsp3) is 0.600. The SMILES string of the molecule is CC1(C)OCC(CCOCc2ccccc2)[14CH2]O1. The normalized spacial score (nSPS) is 22.9. The molecule has 1 aliphatic rings. The van der Waals surface area contributed by atoms with Gasteiger partial charge in [-0.2, -0.15) is 0 Å². The minimum atomic E-state index is -0.415. The third kappa shape index (κ3) is 4.41. The average Bonchev–Trinajstić information content (AvgIpc) is 2.37. The van der Waals surface area contributed by atoms with Gasteiger partial charge in [-0.05, 0) is 25.8 Å². The molecule has 1 heterocycles. The molecule has 18 heavy (non-hydrogen) atoms. The van der Waals surface area contributed by atoms with E-state index in [9.17, 15) is 0 Å². The summed E-state index contributed by atoms with van der Waals surface area (Å²) in [6.45, 7) is 6.88. The van der Waals surface area contributed by atoms with Crippen molar-refractivity contribution in [1.82, 2.24) is 0 Å². The maximum Gasteiger partial charge on any atom is 0.162 e. The van der Waals surface area contributed by atoms with Gasteiger partial charge in [0.15, 0.2) is 5.79 Å². The Kier molecular flexibility index (Phi) is 4.75. The van der Waals surface area contributed by atoms with Gasteiger partial charge in [0, 0.05) is 12.5 Å². The number of hydrogen-bond donors (Lipinski definition) is 0. The molecule has 1 aromatic rings. The molecule has 1 fully saturated rings. The van der Waals surface area contributed by atoms with Crippen LogP contribution < -0.4 is 0 Å². The molecule has 0 aliphatic carbocycles. The molecule has 0 radical (unpaired) electrons. The molecule has 0 spiro atoms. The van der Waals surface area contributed by atoms with Gasteiger partial charge in [0.1, 0.15) is 0 Å². The molecular formula is C15H22O3. The summed E-state index contributed by atoms with van der Waals surface area (Å²) >= 11 is 0. The first-order valence-electron chi connectivity index (χ1n) is 6.55. The first kappa shape index (κ1) is 13.5. The van der Waals surface area contributed by atoms with Crippen LogP contribution in [0.2, 0.25) is 0 Å². The van der Waals surface area contributed by atoms with Gasteiger partial charge >= 0.3 is 0 Å². The monoisotopic (exact) mass is 252 g/mol. The Balaban J connectivity index is 1.59. The van der Waals surface area contributed by atoms with E-state index in [-0.39, 0.29) is 0 Å². The standard InChI is InChI=1S/C15H22O3/c1-15(2)17-11-14(12-18-15)8-9-16-10-13-6-4-3-5-7-13/h3-7,14H,8-12H2,1-2H3/i11+2. The lowest BCUT2D eigenvalue weighted by atomic mass is 10.2. The van der Waals surface area contributed by atoms with Crippen LogP contribution in [-0.2, 0) is 20.8 Å². The summed E-state index contributed by atoms with van der Waals surface area (Å²) in [4.78, 5) is 0. The van der Waals surface area contributed by atoms with Crippen molar-refractivity contribution < 1.29 is 14.2 Å². The van der Waals surface area contributed by atoms with E-state index >= 15 is 0 Å². The highest BCUT2D eigenvalue weighted by Crippen LogP contribution is 2.22. The maximum absolute atomic E-state index is 5.66. The summed E-state index contributed by atoms with van der Waals surface area (Å²) in [6.07, 6.45) is 0.989. The third-order valence-corrected chi connectivity index (χ3v) is 3.12. The molecule has 2 rings (SSSR count). The van der Waals surface area contributed by atoms with E-state index in [1.165, 1.54) is 5.56 Å². The largest absolute Gasteiger partial charge is 0.377 e. The lowest BCUT2D eigenvalue weighted by Crippen LogP contribution is -2.39. The highest BCUT2D eigenvalue weighted by molar-refractivity contribution is 5.13. The molecule has 0 aromatic heterocycles. The van der Waals surface area contributed by atoms with Crippen molar-refractivity contribution in [2.75, 3.05) is 19.8 Å². The van der Waals surface area contributed by atoms with E-state index in [1.54, 1.807) is 0 Å².